The molecule has 1 saturated heterocycles. The lowest BCUT2D eigenvalue weighted by molar-refractivity contribution is -0.384. The van der Waals surface area contributed by atoms with E-state index in [1.54, 1.807) is 19.2 Å². The van der Waals surface area contributed by atoms with Crippen molar-refractivity contribution in [2.75, 3.05) is 43.5 Å². The molecule has 1 N–H and O–H groups in total. The number of hydrogen-bond donors (Lipinski definition) is 1. The molecule has 4 aromatic rings. The highest BCUT2D eigenvalue weighted by atomic mass is 16.6. The molecule has 1 amide bonds. The molecule has 5 rings (SSSR count). The number of hydrogen-bond acceptors (Lipinski definition) is 7. The van der Waals surface area contributed by atoms with Crippen LogP contribution in [-0.4, -0.2) is 55.1 Å². The van der Waals surface area contributed by atoms with Crippen LogP contribution in [0.25, 0.3) is 21.9 Å². The highest BCUT2D eigenvalue weighted by molar-refractivity contribution is 6.08. The molecule has 1 aliphatic heterocycles. The zero-order valence-corrected chi connectivity index (χ0v) is 19.6. The number of para-hydroxylation sites is 1. The average Bonchev–Trinajstić information content (AvgIpc) is 3.25. The number of nitro groups is 1. The van der Waals surface area contributed by atoms with Crippen LogP contribution in [0.2, 0.25) is 0 Å². The number of piperazine rings is 1. The van der Waals surface area contributed by atoms with Crippen LogP contribution in [0, 0.1) is 10.1 Å². The number of carbonyl (C=O) groups is 1. The Labute approximate surface area is 202 Å². The molecule has 1 aromatic heterocycles. The molecule has 180 valence electrons. The van der Waals surface area contributed by atoms with Gasteiger partial charge in [0.15, 0.2) is 0 Å². The standard InChI is InChI=1S/C26H26N4O5/c1-17(28-11-13-29(14-12-28)18-7-9-19(10-8-18)30(32)33)26(31)27-22-16-24-21(15-25(22)34-2)20-5-3-4-6-23(20)35-24/h3-10,15-17H,11-14H2,1-2H3,(H,27,31). The minimum absolute atomic E-state index is 0.0777. The van der Waals surface area contributed by atoms with E-state index in [1.807, 2.05) is 43.3 Å². The molecule has 3 aromatic carbocycles. The molecule has 35 heavy (non-hydrogen) atoms. The summed E-state index contributed by atoms with van der Waals surface area (Å²) in [4.78, 5) is 27.9. The molecule has 1 fully saturated rings. The van der Waals surface area contributed by atoms with Gasteiger partial charge < -0.3 is 19.4 Å². The number of non-ortho nitro benzene ring substituents is 1. The number of nitro benzene ring substituents is 1. The highest BCUT2D eigenvalue weighted by Gasteiger charge is 2.27. The van der Waals surface area contributed by atoms with E-state index in [0.29, 0.717) is 30.1 Å². The summed E-state index contributed by atoms with van der Waals surface area (Å²) in [6.45, 7) is 4.74. The van der Waals surface area contributed by atoms with Crippen molar-refractivity contribution in [3.8, 4) is 5.75 Å². The van der Waals surface area contributed by atoms with E-state index in [1.165, 1.54) is 12.1 Å². The van der Waals surface area contributed by atoms with Gasteiger partial charge in [-0.3, -0.25) is 19.8 Å². The number of rotatable bonds is 6. The largest absolute Gasteiger partial charge is 0.495 e. The first kappa shape index (κ1) is 22.7. The number of nitrogens with one attached hydrogen (secondary N) is 1. The number of ether oxygens (including phenoxy) is 1. The maximum Gasteiger partial charge on any atom is 0.269 e. The lowest BCUT2D eigenvalue weighted by atomic mass is 10.1. The van der Waals surface area contributed by atoms with Gasteiger partial charge in [0.25, 0.3) is 5.69 Å². The summed E-state index contributed by atoms with van der Waals surface area (Å²) in [6.07, 6.45) is 0. The van der Waals surface area contributed by atoms with E-state index in [4.69, 9.17) is 9.15 Å². The number of fused-ring (bicyclic) bond motifs is 3. The van der Waals surface area contributed by atoms with E-state index < -0.39 is 4.92 Å². The second kappa shape index (κ2) is 9.27. The summed E-state index contributed by atoms with van der Waals surface area (Å²) in [7, 11) is 1.58. The summed E-state index contributed by atoms with van der Waals surface area (Å²) < 4.78 is 11.5. The molecule has 9 nitrogen and oxygen atoms in total. The van der Waals surface area contributed by atoms with Crippen molar-refractivity contribution < 1.29 is 18.9 Å². The van der Waals surface area contributed by atoms with Crippen LogP contribution in [0.4, 0.5) is 17.1 Å². The Kier molecular flexibility index (Phi) is 6.00. The van der Waals surface area contributed by atoms with Gasteiger partial charge in [-0.05, 0) is 31.2 Å². The number of benzene rings is 3. The fraction of sp³-hybridized carbons (Fsp3) is 0.269. The third-order valence-corrected chi connectivity index (χ3v) is 6.62. The first-order chi connectivity index (χ1) is 16.9. The van der Waals surface area contributed by atoms with Crippen molar-refractivity contribution in [1.29, 1.82) is 0 Å². The van der Waals surface area contributed by atoms with Gasteiger partial charge >= 0.3 is 0 Å². The molecule has 0 spiro atoms. The number of nitrogens with zero attached hydrogens (tertiary/aromatic N) is 3. The van der Waals surface area contributed by atoms with E-state index in [-0.39, 0.29) is 17.6 Å². The van der Waals surface area contributed by atoms with Crippen LogP contribution in [0.3, 0.4) is 0 Å². The monoisotopic (exact) mass is 474 g/mol. The Bertz CT molecular complexity index is 1390. The molecular weight excluding hydrogens is 448 g/mol. The van der Waals surface area contributed by atoms with Crippen molar-refractivity contribution in [3.05, 3.63) is 70.8 Å². The van der Waals surface area contributed by atoms with Crippen LogP contribution in [-0.2, 0) is 4.79 Å². The first-order valence-corrected chi connectivity index (χ1v) is 11.5. The quantitative estimate of drug-likeness (QED) is 0.321. The molecule has 0 saturated carbocycles. The summed E-state index contributed by atoms with van der Waals surface area (Å²) in [5, 5.41) is 15.8. The molecule has 0 bridgehead atoms. The minimum atomic E-state index is -0.400. The van der Waals surface area contributed by atoms with Crippen LogP contribution in [0.5, 0.6) is 5.75 Å². The molecule has 1 atom stereocenters. The lowest BCUT2D eigenvalue weighted by Gasteiger charge is -2.38. The number of furan rings is 1. The maximum atomic E-state index is 13.1. The van der Waals surface area contributed by atoms with E-state index in [0.717, 1.165) is 35.1 Å². The summed E-state index contributed by atoms with van der Waals surface area (Å²) in [5.74, 6) is 0.454. The molecule has 1 aliphatic rings. The summed E-state index contributed by atoms with van der Waals surface area (Å²) in [5.41, 5.74) is 3.06. The normalized spacial score (nSPS) is 15.3. The number of amides is 1. The molecule has 9 heteroatoms. The van der Waals surface area contributed by atoms with E-state index in [2.05, 4.69) is 15.1 Å². The van der Waals surface area contributed by atoms with Gasteiger partial charge in [0.05, 0.1) is 23.8 Å². The van der Waals surface area contributed by atoms with Gasteiger partial charge in [-0.1, -0.05) is 18.2 Å². The Hall–Kier alpha value is -4.11. The number of methoxy groups -OCH3 is 1. The minimum Gasteiger partial charge on any atom is -0.495 e. The van der Waals surface area contributed by atoms with Crippen molar-refractivity contribution in [3.63, 3.8) is 0 Å². The Morgan fingerprint density at radius 2 is 1.74 bits per heavy atom. The Balaban J connectivity index is 1.26. The van der Waals surface area contributed by atoms with Gasteiger partial charge in [-0.15, -0.1) is 0 Å². The SMILES string of the molecule is COc1cc2c(cc1NC(=O)C(C)N1CCN(c3ccc([N+](=O)[O-])cc3)CC1)oc1ccccc12. The van der Waals surface area contributed by atoms with Gasteiger partial charge in [-0.2, -0.15) is 0 Å². The van der Waals surface area contributed by atoms with Crippen LogP contribution < -0.4 is 15.0 Å². The van der Waals surface area contributed by atoms with Gasteiger partial charge in [0.2, 0.25) is 5.91 Å². The van der Waals surface area contributed by atoms with E-state index in [9.17, 15) is 14.9 Å². The third-order valence-electron chi connectivity index (χ3n) is 6.62. The van der Waals surface area contributed by atoms with Crippen molar-refractivity contribution in [1.82, 2.24) is 4.90 Å². The molecular formula is C26H26N4O5. The first-order valence-electron chi connectivity index (χ1n) is 11.5. The van der Waals surface area contributed by atoms with Crippen LogP contribution >= 0.6 is 0 Å². The van der Waals surface area contributed by atoms with Crippen LogP contribution in [0.1, 0.15) is 6.92 Å². The lowest BCUT2D eigenvalue weighted by Crippen LogP contribution is -2.52. The van der Waals surface area contributed by atoms with Gasteiger partial charge in [0.1, 0.15) is 16.9 Å². The zero-order valence-electron chi connectivity index (χ0n) is 19.6. The van der Waals surface area contributed by atoms with Crippen molar-refractivity contribution >= 4 is 44.9 Å². The molecule has 1 unspecified atom stereocenters. The molecule has 2 heterocycles. The van der Waals surface area contributed by atoms with E-state index >= 15 is 0 Å². The van der Waals surface area contributed by atoms with Crippen molar-refractivity contribution in [2.24, 2.45) is 0 Å². The Morgan fingerprint density at radius 1 is 1.03 bits per heavy atom. The average molecular weight is 475 g/mol. The number of carbonyl (C=O) groups excluding carboxylic acids is 1. The fourth-order valence-corrected chi connectivity index (χ4v) is 4.57. The third kappa shape index (κ3) is 4.38. The summed E-state index contributed by atoms with van der Waals surface area (Å²) >= 11 is 0. The van der Waals surface area contributed by atoms with Gasteiger partial charge in [-0.25, -0.2) is 0 Å². The van der Waals surface area contributed by atoms with Crippen molar-refractivity contribution in [2.45, 2.75) is 13.0 Å². The topological polar surface area (TPSA) is 101 Å². The molecule has 0 radical (unpaired) electrons. The number of anilines is 2. The second-order valence-electron chi connectivity index (χ2n) is 8.61. The zero-order chi connectivity index (χ0) is 24.5. The Morgan fingerprint density at radius 3 is 2.43 bits per heavy atom. The molecule has 0 aliphatic carbocycles. The predicted molar refractivity (Wildman–Crippen MR) is 135 cm³/mol. The fourth-order valence-electron chi connectivity index (χ4n) is 4.57. The highest BCUT2D eigenvalue weighted by Crippen LogP contribution is 2.36. The second-order valence-corrected chi connectivity index (χ2v) is 8.61. The maximum absolute atomic E-state index is 13.1. The smallest absolute Gasteiger partial charge is 0.269 e. The predicted octanol–water partition coefficient (Wildman–Crippen LogP) is 4.65. The van der Waals surface area contributed by atoms with Crippen LogP contribution in [0.15, 0.2) is 65.1 Å². The summed E-state index contributed by atoms with van der Waals surface area (Å²) in [6, 6.07) is 17.7. The van der Waals surface area contributed by atoms with Gasteiger partial charge in [0, 0.05) is 60.8 Å².